The van der Waals surface area contributed by atoms with Gasteiger partial charge in [0.2, 0.25) is 0 Å². The van der Waals surface area contributed by atoms with Gasteiger partial charge in [-0.05, 0) is 84.9 Å². The van der Waals surface area contributed by atoms with Crippen LogP contribution in [0.3, 0.4) is 0 Å². The first kappa shape index (κ1) is 23.9. The highest BCUT2D eigenvalue weighted by atomic mass is 19.2. The van der Waals surface area contributed by atoms with Gasteiger partial charge in [-0.15, -0.1) is 6.58 Å². The Morgan fingerprint density at radius 2 is 1.71 bits per heavy atom. The normalized spacial score (nSPS) is 15.6. The Bertz CT molecular complexity index is 1190. The van der Waals surface area contributed by atoms with Gasteiger partial charge in [-0.1, -0.05) is 54.6 Å². The zero-order valence-electron chi connectivity index (χ0n) is 19.4. The molecule has 3 aromatic carbocycles. The number of halogens is 3. The van der Waals surface area contributed by atoms with E-state index in [4.69, 9.17) is 4.74 Å². The van der Waals surface area contributed by atoms with Crippen LogP contribution in [-0.2, 0) is 12.8 Å². The maximum atomic E-state index is 14.8. The predicted octanol–water partition coefficient (Wildman–Crippen LogP) is 8.32. The van der Waals surface area contributed by atoms with Crippen LogP contribution in [0.2, 0.25) is 0 Å². The average molecular weight is 463 g/mol. The predicted molar refractivity (Wildman–Crippen MR) is 132 cm³/mol. The van der Waals surface area contributed by atoms with Crippen molar-refractivity contribution in [3.05, 3.63) is 107 Å². The molecule has 4 heteroatoms. The molecule has 0 heterocycles. The molecule has 0 fully saturated rings. The number of benzene rings is 3. The molecule has 176 valence electrons. The van der Waals surface area contributed by atoms with E-state index < -0.39 is 17.5 Å². The van der Waals surface area contributed by atoms with E-state index in [1.165, 1.54) is 6.07 Å². The fourth-order valence-electron chi connectivity index (χ4n) is 4.44. The fourth-order valence-corrected chi connectivity index (χ4v) is 4.44. The highest BCUT2D eigenvalue weighted by molar-refractivity contribution is 5.67. The van der Waals surface area contributed by atoms with Crippen molar-refractivity contribution in [3.8, 4) is 16.9 Å². The van der Waals surface area contributed by atoms with Crippen molar-refractivity contribution in [2.24, 2.45) is 5.92 Å². The van der Waals surface area contributed by atoms with Crippen LogP contribution in [0.4, 0.5) is 13.2 Å². The van der Waals surface area contributed by atoms with E-state index in [9.17, 15) is 13.2 Å². The van der Waals surface area contributed by atoms with Crippen LogP contribution in [0.1, 0.15) is 42.9 Å². The molecule has 1 aliphatic rings. The highest BCUT2D eigenvalue weighted by Crippen LogP contribution is 2.33. The van der Waals surface area contributed by atoms with E-state index in [0.717, 1.165) is 41.5 Å². The second kappa shape index (κ2) is 10.8. The maximum absolute atomic E-state index is 14.8. The first-order chi connectivity index (χ1) is 16.5. The molecule has 0 saturated carbocycles. The minimum absolute atomic E-state index is 0.240. The van der Waals surface area contributed by atoms with Crippen LogP contribution in [-0.4, -0.2) is 6.61 Å². The number of aryl methyl sites for hydroxylation is 2. The Labute approximate surface area is 199 Å². The summed E-state index contributed by atoms with van der Waals surface area (Å²) < 4.78 is 49.0. The first-order valence-corrected chi connectivity index (χ1v) is 11.8. The van der Waals surface area contributed by atoms with Crippen LogP contribution in [0.25, 0.3) is 16.7 Å². The molecule has 0 radical (unpaired) electrons. The van der Waals surface area contributed by atoms with Gasteiger partial charge >= 0.3 is 0 Å². The molecule has 1 unspecified atom stereocenters. The summed E-state index contributed by atoms with van der Waals surface area (Å²) in [4.78, 5) is 0. The molecule has 0 bridgehead atoms. The molecule has 1 nitrogen and oxygen atoms in total. The van der Waals surface area contributed by atoms with Crippen molar-refractivity contribution in [2.45, 2.75) is 39.0 Å². The van der Waals surface area contributed by atoms with E-state index in [1.54, 1.807) is 18.2 Å². The van der Waals surface area contributed by atoms with Gasteiger partial charge in [0.05, 0.1) is 6.61 Å². The second-order valence-corrected chi connectivity index (χ2v) is 8.67. The molecule has 0 saturated heterocycles. The Hall–Kier alpha value is -3.27. The second-order valence-electron chi connectivity index (χ2n) is 8.67. The van der Waals surface area contributed by atoms with Gasteiger partial charge in [-0.2, -0.15) is 0 Å². The van der Waals surface area contributed by atoms with Crippen molar-refractivity contribution in [1.82, 2.24) is 0 Å². The molecule has 1 aliphatic carbocycles. The summed E-state index contributed by atoms with van der Waals surface area (Å²) in [5.41, 5.74) is 4.27. The number of hydrogen-bond donors (Lipinski definition) is 0. The Morgan fingerprint density at radius 3 is 2.35 bits per heavy atom. The summed E-state index contributed by atoms with van der Waals surface area (Å²) in [6, 6.07) is 16.0. The number of hydrogen-bond acceptors (Lipinski definition) is 1. The van der Waals surface area contributed by atoms with E-state index in [-0.39, 0.29) is 5.75 Å². The van der Waals surface area contributed by atoms with Crippen LogP contribution >= 0.6 is 0 Å². The minimum Gasteiger partial charge on any atom is -0.491 e. The Kier molecular flexibility index (Phi) is 7.56. The zero-order valence-corrected chi connectivity index (χ0v) is 19.4. The quantitative estimate of drug-likeness (QED) is 0.306. The standard InChI is InChI=1S/C30H29F3O/c1-3-20-5-12-23(13-6-20)26-17-15-24(29(32)30(26)33)14-9-21-7-10-22(11-8-21)25-16-18-28(34-4-2)27(31)19-25/h3,7-8,10-12,15-20H,1,4-6,9,13-14H2,2H3. The average Bonchev–Trinajstić information content (AvgIpc) is 2.87. The smallest absolute Gasteiger partial charge is 0.166 e. The molecule has 0 N–H and O–H groups in total. The number of rotatable bonds is 8. The lowest BCUT2D eigenvalue weighted by molar-refractivity contribution is 0.321. The maximum Gasteiger partial charge on any atom is 0.166 e. The zero-order chi connectivity index (χ0) is 24.1. The van der Waals surface area contributed by atoms with E-state index in [2.05, 4.69) is 6.58 Å². The van der Waals surface area contributed by atoms with Crippen LogP contribution < -0.4 is 4.74 Å². The van der Waals surface area contributed by atoms with Gasteiger partial charge in [0.1, 0.15) is 0 Å². The lowest BCUT2D eigenvalue weighted by atomic mass is 9.86. The largest absolute Gasteiger partial charge is 0.491 e. The summed E-state index contributed by atoms with van der Waals surface area (Å²) in [6.07, 6.45) is 7.38. The molecule has 3 aromatic rings. The molecule has 0 aliphatic heterocycles. The molecule has 1 atom stereocenters. The van der Waals surface area contributed by atoms with Gasteiger partial charge in [0.25, 0.3) is 0 Å². The lowest BCUT2D eigenvalue weighted by Crippen LogP contribution is -2.06. The molecular weight excluding hydrogens is 433 g/mol. The fraction of sp³-hybridized carbons (Fsp3) is 0.267. The molecule has 4 rings (SSSR count). The van der Waals surface area contributed by atoms with Crippen molar-refractivity contribution in [2.75, 3.05) is 6.61 Å². The van der Waals surface area contributed by atoms with Gasteiger partial charge in [-0.25, -0.2) is 13.2 Å². The molecule has 0 spiro atoms. The van der Waals surface area contributed by atoms with Gasteiger partial charge in [-0.3, -0.25) is 0 Å². The van der Waals surface area contributed by atoms with Gasteiger partial charge in [0, 0.05) is 5.56 Å². The van der Waals surface area contributed by atoms with Crippen LogP contribution in [0.5, 0.6) is 5.75 Å². The third-order valence-electron chi connectivity index (χ3n) is 6.50. The van der Waals surface area contributed by atoms with Crippen LogP contribution in [0.15, 0.2) is 73.3 Å². The van der Waals surface area contributed by atoms with Gasteiger partial charge in [0.15, 0.2) is 23.2 Å². The topological polar surface area (TPSA) is 9.23 Å². The molecule has 34 heavy (non-hydrogen) atoms. The molecular formula is C30H29F3O. The van der Waals surface area contributed by atoms with Crippen molar-refractivity contribution >= 4 is 5.57 Å². The Balaban J connectivity index is 1.43. The third-order valence-corrected chi connectivity index (χ3v) is 6.50. The van der Waals surface area contributed by atoms with Crippen molar-refractivity contribution in [1.29, 1.82) is 0 Å². The lowest BCUT2D eigenvalue weighted by Gasteiger charge is -2.20. The summed E-state index contributed by atoms with van der Waals surface area (Å²) in [5.74, 6) is -1.26. The Morgan fingerprint density at radius 1 is 0.941 bits per heavy atom. The van der Waals surface area contributed by atoms with E-state index in [1.807, 2.05) is 49.4 Å². The first-order valence-electron chi connectivity index (χ1n) is 11.8. The van der Waals surface area contributed by atoms with E-state index >= 15 is 0 Å². The van der Waals surface area contributed by atoms with Gasteiger partial charge < -0.3 is 4.74 Å². The number of allylic oxidation sites excluding steroid dienone is 3. The highest BCUT2D eigenvalue weighted by Gasteiger charge is 2.19. The third kappa shape index (κ3) is 5.27. The number of ether oxygens (including phenoxy) is 1. The SMILES string of the molecule is C=CC1CC=C(c2ccc(CCc3ccc(-c4ccc(OCC)c(F)c4)cc3)c(F)c2F)CC1. The van der Waals surface area contributed by atoms with E-state index in [0.29, 0.717) is 36.5 Å². The molecule has 0 amide bonds. The minimum atomic E-state index is -0.759. The summed E-state index contributed by atoms with van der Waals surface area (Å²) in [5, 5.41) is 0. The van der Waals surface area contributed by atoms with Crippen molar-refractivity contribution in [3.63, 3.8) is 0 Å². The summed E-state index contributed by atoms with van der Waals surface area (Å²) >= 11 is 0. The summed E-state index contributed by atoms with van der Waals surface area (Å²) in [7, 11) is 0. The monoisotopic (exact) mass is 462 g/mol. The van der Waals surface area contributed by atoms with Crippen LogP contribution in [0, 0.1) is 23.4 Å². The van der Waals surface area contributed by atoms with Crippen molar-refractivity contribution < 1.29 is 17.9 Å². The molecule has 0 aromatic heterocycles. The summed E-state index contributed by atoms with van der Waals surface area (Å²) in [6.45, 7) is 6.04.